The molecule has 1 unspecified atom stereocenters. The van der Waals surface area contributed by atoms with E-state index in [0.29, 0.717) is 12.8 Å². The maximum atomic E-state index is 12.7. The molecule has 0 saturated carbocycles. The Kier molecular flexibility index (Phi) is 8.09. The molecule has 2 aromatic carbocycles. The fourth-order valence-corrected chi connectivity index (χ4v) is 4.30. The summed E-state index contributed by atoms with van der Waals surface area (Å²) in [4.78, 5) is 36.5. The first-order chi connectivity index (χ1) is 15.8. The van der Waals surface area contributed by atoms with Gasteiger partial charge < -0.3 is 20.5 Å². The molecule has 0 bridgehead atoms. The van der Waals surface area contributed by atoms with Crippen molar-refractivity contribution >= 4 is 18.0 Å². The molecule has 176 valence electrons. The van der Waals surface area contributed by atoms with Crippen molar-refractivity contribution < 1.29 is 24.2 Å². The van der Waals surface area contributed by atoms with Crippen LogP contribution in [0.15, 0.2) is 48.5 Å². The number of rotatable bonds is 10. The maximum absolute atomic E-state index is 12.7. The van der Waals surface area contributed by atoms with Crippen molar-refractivity contribution in [2.75, 3.05) is 13.2 Å². The zero-order valence-electron chi connectivity index (χ0n) is 19.3. The van der Waals surface area contributed by atoms with Crippen LogP contribution in [0.2, 0.25) is 0 Å². The van der Waals surface area contributed by atoms with Gasteiger partial charge >= 0.3 is 12.1 Å². The number of amides is 2. The van der Waals surface area contributed by atoms with Gasteiger partial charge in [-0.1, -0.05) is 75.7 Å². The van der Waals surface area contributed by atoms with Crippen LogP contribution in [-0.2, 0) is 14.3 Å². The van der Waals surface area contributed by atoms with Crippen molar-refractivity contribution in [3.05, 3.63) is 59.7 Å². The Morgan fingerprint density at radius 3 is 2.09 bits per heavy atom. The first kappa shape index (κ1) is 24.3. The summed E-state index contributed by atoms with van der Waals surface area (Å²) < 4.78 is 5.53. The zero-order chi connectivity index (χ0) is 24.0. The minimum Gasteiger partial charge on any atom is -0.480 e. The Bertz CT molecular complexity index is 958. The van der Waals surface area contributed by atoms with Crippen molar-refractivity contribution in [3.8, 4) is 11.1 Å². The van der Waals surface area contributed by atoms with E-state index >= 15 is 0 Å². The number of carbonyl (C=O) groups is 3. The van der Waals surface area contributed by atoms with Gasteiger partial charge in [0, 0.05) is 12.5 Å². The number of alkyl carbamates (subject to hydrolysis) is 1. The highest BCUT2D eigenvalue weighted by atomic mass is 16.5. The summed E-state index contributed by atoms with van der Waals surface area (Å²) in [5.74, 6) is -2.14. The van der Waals surface area contributed by atoms with Crippen LogP contribution in [-0.4, -0.2) is 42.3 Å². The largest absolute Gasteiger partial charge is 0.480 e. The summed E-state index contributed by atoms with van der Waals surface area (Å²) in [5, 5.41) is 14.6. The molecule has 0 aliphatic heterocycles. The van der Waals surface area contributed by atoms with Crippen molar-refractivity contribution in [3.63, 3.8) is 0 Å². The van der Waals surface area contributed by atoms with E-state index in [-0.39, 0.29) is 30.9 Å². The average Bonchev–Trinajstić information content (AvgIpc) is 3.11. The maximum Gasteiger partial charge on any atom is 0.407 e. The molecule has 1 aliphatic carbocycles. The second kappa shape index (κ2) is 11.0. The van der Waals surface area contributed by atoms with E-state index in [1.165, 1.54) is 0 Å². The van der Waals surface area contributed by atoms with Crippen LogP contribution < -0.4 is 10.6 Å². The number of benzene rings is 2. The van der Waals surface area contributed by atoms with Crippen molar-refractivity contribution in [1.29, 1.82) is 0 Å². The lowest BCUT2D eigenvalue weighted by Crippen LogP contribution is -2.47. The SMILES string of the molecule is CCC[C@H](NC(=O)C(CNC(=O)OCC1c2ccccc2-c2ccccc21)C(C)C)C(=O)O. The van der Waals surface area contributed by atoms with E-state index < -0.39 is 24.0 Å². The van der Waals surface area contributed by atoms with Crippen LogP contribution in [0.25, 0.3) is 11.1 Å². The molecule has 0 spiro atoms. The predicted molar refractivity (Wildman–Crippen MR) is 126 cm³/mol. The van der Waals surface area contributed by atoms with Gasteiger partial charge in [0.15, 0.2) is 0 Å². The number of hydrogen-bond acceptors (Lipinski definition) is 4. The van der Waals surface area contributed by atoms with Crippen molar-refractivity contribution in [2.24, 2.45) is 11.8 Å². The van der Waals surface area contributed by atoms with Crippen molar-refractivity contribution in [1.82, 2.24) is 10.6 Å². The Hall–Kier alpha value is -3.35. The topological polar surface area (TPSA) is 105 Å². The smallest absolute Gasteiger partial charge is 0.407 e. The lowest BCUT2D eigenvalue weighted by Gasteiger charge is -2.23. The number of carbonyl (C=O) groups excluding carboxylic acids is 2. The molecule has 33 heavy (non-hydrogen) atoms. The highest BCUT2D eigenvalue weighted by molar-refractivity contribution is 5.85. The number of carboxylic acid groups (broad SMARTS) is 1. The molecule has 1 aliphatic rings. The third kappa shape index (κ3) is 5.72. The molecule has 0 fully saturated rings. The minimum atomic E-state index is -1.06. The lowest BCUT2D eigenvalue weighted by molar-refractivity contribution is -0.143. The molecule has 2 atom stereocenters. The third-order valence-corrected chi connectivity index (χ3v) is 6.14. The Labute approximate surface area is 194 Å². The van der Waals surface area contributed by atoms with Gasteiger partial charge in [-0.25, -0.2) is 9.59 Å². The number of carboxylic acids is 1. The number of ether oxygens (including phenoxy) is 1. The van der Waals surface area contributed by atoms with Gasteiger partial charge in [-0.05, 0) is 34.6 Å². The standard InChI is InChI=1S/C26H32N2O5/c1-4-9-23(25(30)31)28-24(29)21(16(2)3)14-27-26(32)33-15-22-19-12-7-5-10-17(19)18-11-6-8-13-20(18)22/h5-8,10-13,16,21-23H,4,9,14-15H2,1-3H3,(H,27,32)(H,28,29)(H,30,31)/t21?,23-/m0/s1. The van der Waals surface area contributed by atoms with Gasteiger partial charge in [0.05, 0.1) is 5.92 Å². The molecular weight excluding hydrogens is 420 g/mol. The van der Waals surface area contributed by atoms with Gasteiger partial charge in [-0.3, -0.25) is 4.79 Å². The summed E-state index contributed by atoms with van der Waals surface area (Å²) >= 11 is 0. The first-order valence-electron chi connectivity index (χ1n) is 11.5. The van der Waals surface area contributed by atoms with Gasteiger partial charge in [0.1, 0.15) is 12.6 Å². The average molecular weight is 453 g/mol. The van der Waals surface area contributed by atoms with E-state index in [9.17, 15) is 19.5 Å². The monoisotopic (exact) mass is 452 g/mol. The highest BCUT2D eigenvalue weighted by Crippen LogP contribution is 2.44. The number of hydrogen-bond donors (Lipinski definition) is 3. The lowest BCUT2D eigenvalue weighted by atomic mass is 9.94. The minimum absolute atomic E-state index is 0.0438. The van der Waals surface area contributed by atoms with E-state index in [1.807, 2.05) is 45.0 Å². The molecule has 0 aromatic heterocycles. The van der Waals surface area contributed by atoms with Crippen LogP contribution in [0, 0.1) is 11.8 Å². The summed E-state index contributed by atoms with van der Waals surface area (Å²) in [5.41, 5.74) is 4.56. The summed E-state index contributed by atoms with van der Waals surface area (Å²) in [7, 11) is 0. The zero-order valence-corrected chi connectivity index (χ0v) is 19.3. The molecule has 7 heteroatoms. The molecule has 2 amide bonds. The van der Waals surface area contributed by atoms with E-state index in [2.05, 4.69) is 34.9 Å². The highest BCUT2D eigenvalue weighted by Gasteiger charge is 2.30. The Morgan fingerprint density at radius 1 is 1.00 bits per heavy atom. The van der Waals surface area contributed by atoms with Crippen LogP contribution in [0.1, 0.15) is 50.7 Å². The van der Waals surface area contributed by atoms with Crippen LogP contribution >= 0.6 is 0 Å². The number of nitrogens with one attached hydrogen (secondary N) is 2. The Balaban J connectivity index is 1.58. The van der Waals surface area contributed by atoms with Gasteiger partial charge in [0.25, 0.3) is 0 Å². The predicted octanol–water partition coefficient (Wildman–Crippen LogP) is 4.17. The second-order valence-electron chi connectivity index (χ2n) is 8.75. The summed E-state index contributed by atoms with van der Waals surface area (Å²) in [6.07, 6.45) is 0.395. The van der Waals surface area contributed by atoms with Gasteiger partial charge in [-0.15, -0.1) is 0 Å². The number of aliphatic carboxylic acids is 1. The van der Waals surface area contributed by atoms with Crippen LogP contribution in [0.4, 0.5) is 4.79 Å². The molecule has 0 saturated heterocycles. The van der Waals surface area contributed by atoms with Crippen LogP contribution in [0.5, 0.6) is 0 Å². The summed E-state index contributed by atoms with van der Waals surface area (Å²) in [6, 6.07) is 15.3. The second-order valence-corrected chi connectivity index (χ2v) is 8.75. The van der Waals surface area contributed by atoms with Gasteiger partial charge in [-0.2, -0.15) is 0 Å². The van der Waals surface area contributed by atoms with Crippen LogP contribution in [0.3, 0.4) is 0 Å². The van der Waals surface area contributed by atoms with E-state index in [1.54, 1.807) is 0 Å². The van der Waals surface area contributed by atoms with E-state index in [4.69, 9.17) is 4.74 Å². The fourth-order valence-electron chi connectivity index (χ4n) is 4.30. The molecule has 3 N–H and O–H groups in total. The van der Waals surface area contributed by atoms with Gasteiger partial charge in [0.2, 0.25) is 5.91 Å². The molecule has 2 aromatic rings. The molecule has 0 radical (unpaired) electrons. The normalized spacial score (nSPS) is 14.2. The molecule has 7 nitrogen and oxygen atoms in total. The van der Waals surface area contributed by atoms with Crippen molar-refractivity contribution in [2.45, 2.75) is 45.6 Å². The molecule has 0 heterocycles. The molecule has 3 rings (SSSR count). The quantitative estimate of drug-likeness (QED) is 0.502. The first-order valence-corrected chi connectivity index (χ1v) is 11.5. The fraction of sp³-hybridized carbons (Fsp3) is 0.423. The van der Waals surface area contributed by atoms with E-state index in [0.717, 1.165) is 22.3 Å². The Morgan fingerprint density at radius 2 is 1.58 bits per heavy atom. The summed E-state index contributed by atoms with van der Waals surface area (Å²) in [6.45, 7) is 5.84. The molecular formula is C26H32N2O5. The number of fused-ring (bicyclic) bond motifs is 3. The third-order valence-electron chi connectivity index (χ3n) is 6.14.